The third-order valence-electron chi connectivity index (χ3n) is 3.77. The predicted molar refractivity (Wildman–Crippen MR) is 90.5 cm³/mol. The molecule has 22 heavy (non-hydrogen) atoms. The van der Waals surface area contributed by atoms with Gasteiger partial charge in [-0.3, -0.25) is 0 Å². The first-order valence-electron chi connectivity index (χ1n) is 7.01. The summed E-state index contributed by atoms with van der Waals surface area (Å²) in [5, 5.41) is 0. The van der Waals surface area contributed by atoms with Crippen LogP contribution < -0.4 is 5.73 Å². The van der Waals surface area contributed by atoms with E-state index in [1.165, 1.54) is 12.1 Å². The van der Waals surface area contributed by atoms with Gasteiger partial charge in [0.25, 0.3) is 0 Å². The Hall–Kier alpha value is -2.27. The van der Waals surface area contributed by atoms with Crippen molar-refractivity contribution in [3.8, 4) is 11.3 Å². The summed E-state index contributed by atoms with van der Waals surface area (Å²) >= 11 is 5.16. The zero-order valence-electron chi connectivity index (χ0n) is 12.4. The number of rotatable bonds is 3. The maximum Gasteiger partial charge on any atom is 0.137 e. The fraction of sp³-hybridized carbons (Fsp3) is 0.176. The minimum Gasteiger partial charge on any atom is -0.393 e. The number of thiocarbonyl (C=S) groups is 1. The molecular formula is C17H16FN3S. The number of pyridine rings is 1. The Morgan fingerprint density at radius 2 is 1.95 bits per heavy atom. The summed E-state index contributed by atoms with van der Waals surface area (Å²) in [5.74, 6) is -0.403. The highest BCUT2D eigenvalue weighted by molar-refractivity contribution is 7.80. The van der Waals surface area contributed by atoms with E-state index >= 15 is 0 Å². The maximum absolute atomic E-state index is 13.2. The lowest BCUT2D eigenvalue weighted by Crippen LogP contribution is -2.18. The van der Waals surface area contributed by atoms with E-state index in [0.717, 1.165) is 28.2 Å². The van der Waals surface area contributed by atoms with Crippen LogP contribution in [0.4, 0.5) is 4.39 Å². The number of aryl methyl sites for hydroxylation is 1. The van der Waals surface area contributed by atoms with Crippen LogP contribution in [-0.2, 0) is 0 Å². The quantitative estimate of drug-likeness (QED) is 0.747. The van der Waals surface area contributed by atoms with Crippen LogP contribution in [0.1, 0.15) is 24.1 Å². The lowest BCUT2D eigenvalue weighted by atomic mass is 10.0. The first-order chi connectivity index (χ1) is 10.5. The van der Waals surface area contributed by atoms with Gasteiger partial charge in [0.2, 0.25) is 0 Å². The van der Waals surface area contributed by atoms with Crippen LogP contribution in [0, 0.1) is 12.7 Å². The monoisotopic (exact) mass is 313 g/mol. The van der Waals surface area contributed by atoms with Gasteiger partial charge in [0.1, 0.15) is 11.5 Å². The smallest absolute Gasteiger partial charge is 0.137 e. The summed E-state index contributed by atoms with van der Waals surface area (Å²) in [5.41, 5.74) is 10.4. The average Bonchev–Trinajstić information content (AvgIpc) is 2.85. The molecule has 2 N–H and O–H groups in total. The molecule has 3 nitrogen and oxygen atoms in total. The number of hydrogen-bond acceptors (Lipinski definition) is 2. The van der Waals surface area contributed by atoms with E-state index < -0.39 is 0 Å². The molecule has 0 amide bonds. The molecule has 2 heterocycles. The van der Waals surface area contributed by atoms with Crippen molar-refractivity contribution in [2.45, 2.75) is 19.8 Å². The number of nitrogens with two attached hydrogens (primary N) is 1. The first kappa shape index (κ1) is 14.7. The van der Waals surface area contributed by atoms with Crippen molar-refractivity contribution in [3.05, 3.63) is 59.7 Å². The van der Waals surface area contributed by atoms with Crippen LogP contribution in [-0.4, -0.2) is 14.4 Å². The number of imidazole rings is 1. The summed E-state index contributed by atoms with van der Waals surface area (Å²) in [7, 11) is 0. The van der Waals surface area contributed by atoms with Crippen molar-refractivity contribution >= 4 is 22.9 Å². The molecule has 112 valence electrons. The zero-order chi connectivity index (χ0) is 15.9. The van der Waals surface area contributed by atoms with E-state index in [0.29, 0.717) is 4.99 Å². The molecular weight excluding hydrogens is 297 g/mol. The lowest BCUT2D eigenvalue weighted by molar-refractivity contribution is 0.628. The highest BCUT2D eigenvalue weighted by atomic mass is 32.1. The highest BCUT2D eigenvalue weighted by Crippen LogP contribution is 2.30. The molecule has 3 aromatic rings. The van der Waals surface area contributed by atoms with Crippen molar-refractivity contribution in [2.24, 2.45) is 5.73 Å². The molecule has 0 radical (unpaired) electrons. The van der Waals surface area contributed by atoms with Crippen molar-refractivity contribution in [1.29, 1.82) is 0 Å². The largest absolute Gasteiger partial charge is 0.393 e. The van der Waals surface area contributed by atoms with Gasteiger partial charge >= 0.3 is 0 Å². The van der Waals surface area contributed by atoms with Crippen LogP contribution in [0.15, 0.2) is 42.6 Å². The Morgan fingerprint density at radius 3 is 2.59 bits per heavy atom. The molecule has 0 spiro atoms. The second-order valence-corrected chi connectivity index (χ2v) is 5.88. The summed E-state index contributed by atoms with van der Waals surface area (Å²) in [6, 6.07) is 10.3. The summed E-state index contributed by atoms with van der Waals surface area (Å²) in [6.07, 6.45) is 1.97. The van der Waals surface area contributed by atoms with E-state index in [4.69, 9.17) is 22.9 Å². The maximum atomic E-state index is 13.2. The average molecular weight is 313 g/mol. The minimum atomic E-state index is -0.271. The van der Waals surface area contributed by atoms with Crippen LogP contribution >= 0.6 is 12.2 Å². The molecule has 0 bridgehead atoms. The van der Waals surface area contributed by atoms with Crippen molar-refractivity contribution < 1.29 is 4.39 Å². The summed E-state index contributed by atoms with van der Waals surface area (Å²) < 4.78 is 15.2. The highest BCUT2D eigenvalue weighted by Gasteiger charge is 2.21. The molecule has 2 aromatic heterocycles. The zero-order valence-corrected chi connectivity index (χ0v) is 13.2. The van der Waals surface area contributed by atoms with Crippen molar-refractivity contribution in [1.82, 2.24) is 9.38 Å². The molecule has 0 aliphatic heterocycles. The Kier molecular flexibility index (Phi) is 3.66. The van der Waals surface area contributed by atoms with Crippen LogP contribution in [0.2, 0.25) is 0 Å². The number of aromatic nitrogens is 2. The molecule has 0 fully saturated rings. The van der Waals surface area contributed by atoms with Crippen LogP contribution in [0.3, 0.4) is 0 Å². The Bertz CT molecular complexity index is 852. The summed E-state index contributed by atoms with van der Waals surface area (Å²) in [4.78, 5) is 5.11. The molecule has 1 atom stereocenters. The van der Waals surface area contributed by atoms with Crippen molar-refractivity contribution in [2.75, 3.05) is 0 Å². The molecule has 0 saturated heterocycles. The summed E-state index contributed by atoms with van der Waals surface area (Å²) in [6.45, 7) is 3.97. The van der Waals surface area contributed by atoms with Gasteiger partial charge in [-0.25, -0.2) is 9.37 Å². The Balaban J connectivity index is 2.30. The second-order valence-electron chi connectivity index (χ2n) is 5.41. The number of halogens is 1. The van der Waals surface area contributed by atoms with Gasteiger partial charge in [-0.2, -0.15) is 0 Å². The Labute approximate surface area is 133 Å². The number of benzene rings is 1. The standard InChI is InChI=1S/C17H16FN3S/c1-10-7-8-21-14(9-10)20-15(16(21)11(2)17(19)22)12-3-5-13(18)6-4-12/h3-9,11H,1-2H3,(H2,19,22). The van der Waals surface area contributed by atoms with E-state index in [1.807, 2.05) is 36.6 Å². The third kappa shape index (κ3) is 2.48. The topological polar surface area (TPSA) is 43.3 Å². The van der Waals surface area contributed by atoms with E-state index in [2.05, 4.69) is 0 Å². The number of fused-ring (bicyclic) bond motifs is 1. The normalized spacial score (nSPS) is 12.5. The van der Waals surface area contributed by atoms with E-state index in [1.54, 1.807) is 12.1 Å². The van der Waals surface area contributed by atoms with Gasteiger partial charge in [-0.05, 0) is 48.9 Å². The molecule has 5 heteroatoms. The first-order valence-corrected chi connectivity index (χ1v) is 7.42. The van der Waals surface area contributed by atoms with E-state index in [9.17, 15) is 4.39 Å². The fourth-order valence-electron chi connectivity index (χ4n) is 2.53. The van der Waals surface area contributed by atoms with Gasteiger partial charge in [0.05, 0.1) is 16.4 Å². The van der Waals surface area contributed by atoms with Gasteiger partial charge in [0.15, 0.2) is 0 Å². The van der Waals surface area contributed by atoms with Crippen molar-refractivity contribution in [3.63, 3.8) is 0 Å². The molecule has 0 aliphatic carbocycles. The number of hydrogen-bond donors (Lipinski definition) is 1. The SMILES string of the molecule is Cc1ccn2c(C(C)C(N)=S)c(-c3ccc(F)cc3)nc2c1. The van der Waals surface area contributed by atoms with E-state index in [-0.39, 0.29) is 11.7 Å². The van der Waals surface area contributed by atoms with Crippen LogP contribution in [0.25, 0.3) is 16.9 Å². The molecule has 1 unspecified atom stereocenters. The third-order valence-corrected chi connectivity index (χ3v) is 4.13. The number of nitrogens with zero attached hydrogens (tertiary/aromatic N) is 2. The lowest BCUT2D eigenvalue weighted by Gasteiger charge is -2.12. The fourth-order valence-corrected chi connectivity index (χ4v) is 2.65. The Morgan fingerprint density at radius 1 is 1.27 bits per heavy atom. The molecule has 0 saturated carbocycles. The molecule has 0 aliphatic rings. The van der Waals surface area contributed by atoms with Gasteiger partial charge in [-0.15, -0.1) is 0 Å². The molecule has 1 aromatic carbocycles. The van der Waals surface area contributed by atoms with Gasteiger partial charge in [-0.1, -0.05) is 19.1 Å². The predicted octanol–water partition coefficient (Wildman–Crippen LogP) is 3.84. The van der Waals surface area contributed by atoms with Gasteiger partial charge in [0, 0.05) is 17.7 Å². The van der Waals surface area contributed by atoms with Crippen LogP contribution in [0.5, 0.6) is 0 Å². The second kappa shape index (κ2) is 5.50. The minimum absolute atomic E-state index is 0.132. The van der Waals surface area contributed by atoms with Gasteiger partial charge < -0.3 is 10.1 Å². The molecule has 3 rings (SSSR count).